The van der Waals surface area contributed by atoms with Crippen LogP contribution in [0.4, 0.5) is 0 Å². The van der Waals surface area contributed by atoms with E-state index in [-0.39, 0.29) is 11.5 Å². The van der Waals surface area contributed by atoms with E-state index in [0.717, 1.165) is 5.56 Å². The van der Waals surface area contributed by atoms with Crippen LogP contribution in [0, 0.1) is 6.92 Å². The van der Waals surface area contributed by atoms with Gasteiger partial charge in [0, 0.05) is 0 Å². The van der Waals surface area contributed by atoms with Gasteiger partial charge in [-0.3, -0.25) is 0 Å². The van der Waals surface area contributed by atoms with Crippen LogP contribution in [0.3, 0.4) is 0 Å². The summed E-state index contributed by atoms with van der Waals surface area (Å²) in [5.74, 6) is 1.66. The summed E-state index contributed by atoms with van der Waals surface area (Å²) in [4.78, 5) is 0. The molecule has 0 unspecified atom stereocenters. The number of benzene rings is 3. The van der Waals surface area contributed by atoms with Crippen molar-refractivity contribution >= 4 is 7.82 Å². The maximum Gasteiger partial charge on any atom is 0.647 e. The fourth-order valence-electron chi connectivity index (χ4n) is 2.46. The number of ether oxygens (including phenoxy) is 2. The monoisotopic (exact) mass is 400 g/mol. The quantitative estimate of drug-likeness (QED) is 0.455. The molecular formula is C21H21O6P. The van der Waals surface area contributed by atoms with Gasteiger partial charge in [0.25, 0.3) is 0 Å². The molecule has 0 spiro atoms. The van der Waals surface area contributed by atoms with Gasteiger partial charge in [-0.15, -0.1) is 0 Å². The Morgan fingerprint density at radius 3 is 1.36 bits per heavy atom. The van der Waals surface area contributed by atoms with Crippen LogP contribution in [-0.2, 0) is 4.57 Å². The van der Waals surface area contributed by atoms with Crippen LogP contribution in [-0.4, -0.2) is 14.2 Å². The van der Waals surface area contributed by atoms with Crippen molar-refractivity contribution < 1.29 is 27.6 Å². The van der Waals surface area contributed by atoms with Crippen molar-refractivity contribution in [3.63, 3.8) is 0 Å². The molecule has 0 aromatic heterocycles. The minimum Gasteiger partial charge on any atom is -0.493 e. The smallest absolute Gasteiger partial charge is 0.493 e. The lowest BCUT2D eigenvalue weighted by Gasteiger charge is -2.21. The number of phosphoric acid groups is 1. The third-order valence-electron chi connectivity index (χ3n) is 3.86. The first-order chi connectivity index (χ1) is 13.5. The van der Waals surface area contributed by atoms with E-state index in [9.17, 15) is 4.57 Å². The molecule has 0 fully saturated rings. The van der Waals surface area contributed by atoms with Gasteiger partial charge in [-0.1, -0.05) is 42.5 Å². The number of rotatable bonds is 8. The summed E-state index contributed by atoms with van der Waals surface area (Å²) in [5.41, 5.74) is 0.787. The molecule has 0 atom stereocenters. The number of hydrogen-bond acceptors (Lipinski definition) is 6. The lowest BCUT2D eigenvalue weighted by molar-refractivity contribution is 0.283. The van der Waals surface area contributed by atoms with Gasteiger partial charge in [0.1, 0.15) is 5.75 Å². The molecule has 146 valence electrons. The molecule has 3 aromatic carbocycles. The molecule has 0 N–H and O–H groups in total. The Morgan fingerprint density at radius 1 is 0.571 bits per heavy atom. The number of hydrogen-bond donors (Lipinski definition) is 0. The minimum atomic E-state index is -4.15. The molecular weight excluding hydrogens is 379 g/mol. The highest BCUT2D eigenvalue weighted by Crippen LogP contribution is 2.53. The standard InChI is InChI=1S/C21H21O6P/c1-16-10-4-5-11-17(16)25-28(22,26-20-14-8-6-12-18(20)23-2)27-21-15-9-7-13-19(21)24-3/h4-15H,1-3H3. The fourth-order valence-corrected chi connectivity index (χ4v) is 3.81. The average Bonchev–Trinajstić information content (AvgIpc) is 2.70. The van der Waals surface area contributed by atoms with Crippen molar-refractivity contribution in [1.29, 1.82) is 0 Å². The van der Waals surface area contributed by atoms with Crippen LogP contribution >= 0.6 is 7.82 Å². The maximum absolute atomic E-state index is 13.6. The number of phosphoric ester groups is 1. The summed E-state index contributed by atoms with van der Waals surface area (Å²) in [5, 5.41) is 0. The molecule has 6 nitrogen and oxygen atoms in total. The zero-order chi connectivity index (χ0) is 20.0. The third kappa shape index (κ3) is 4.59. The highest BCUT2D eigenvalue weighted by molar-refractivity contribution is 7.49. The predicted molar refractivity (Wildman–Crippen MR) is 107 cm³/mol. The molecule has 0 aliphatic carbocycles. The van der Waals surface area contributed by atoms with E-state index < -0.39 is 7.82 Å². The second-order valence-electron chi connectivity index (χ2n) is 5.79. The molecule has 0 heterocycles. The van der Waals surface area contributed by atoms with Crippen molar-refractivity contribution in [2.75, 3.05) is 14.2 Å². The van der Waals surface area contributed by atoms with E-state index in [2.05, 4.69) is 0 Å². The topological polar surface area (TPSA) is 63.2 Å². The predicted octanol–water partition coefficient (Wildman–Crippen LogP) is 5.66. The molecule has 0 saturated heterocycles. The number of para-hydroxylation sites is 5. The zero-order valence-corrected chi connectivity index (χ0v) is 16.7. The van der Waals surface area contributed by atoms with Gasteiger partial charge in [-0.2, -0.15) is 4.57 Å². The summed E-state index contributed by atoms with van der Waals surface area (Å²) in [6.45, 7) is 1.84. The van der Waals surface area contributed by atoms with Gasteiger partial charge in [0.15, 0.2) is 23.0 Å². The van der Waals surface area contributed by atoms with Gasteiger partial charge >= 0.3 is 7.82 Å². The van der Waals surface area contributed by atoms with E-state index in [1.807, 2.05) is 19.1 Å². The first-order valence-electron chi connectivity index (χ1n) is 8.55. The number of aryl methyl sites for hydroxylation is 1. The molecule has 28 heavy (non-hydrogen) atoms. The average molecular weight is 400 g/mol. The van der Waals surface area contributed by atoms with E-state index in [1.165, 1.54) is 14.2 Å². The third-order valence-corrected chi connectivity index (χ3v) is 5.12. The van der Waals surface area contributed by atoms with E-state index in [1.54, 1.807) is 60.7 Å². The van der Waals surface area contributed by atoms with Crippen LogP contribution in [0.2, 0.25) is 0 Å². The van der Waals surface area contributed by atoms with Crippen molar-refractivity contribution in [3.05, 3.63) is 78.4 Å². The molecule has 3 aromatic rings. The summed E-state index contributed by atoms with van der Waals surface area (Å²) in [6.07, 6.45) is 0. The van der Waals surface area contributed by atoms with Crippen molar-refractivity contribution in [3.8, 4) is 28.7 Å². The van der Waals surface area contributed by atoms with Crippen molar-refractivity contribution in [2.24, 2.45) is 0 Å². The van der Waals surface area contributed by atoms with E-state index >= 15 is 0 Å². The van der Waals surface area contributed by atoms with Gasteiger partial charge < -0.3 is 23.0 Å². The second-order valence-corrected chi connectivity index (χ2v) is 7.23. The number of methoxy groups -OCH3 is 2. The highest BCUT2D eigenvalue weighted by atomic mass is 31.2. The van der Waals surface area contributed by atoms with Gasteiger partial charge in [-0.25, -0.2) is 0 Å². The first kappa shape index (κ1) is 19.6. The molecule has 0 aliphatic heterocycles. The normalized spacial score (nSPS) is 10.8. The highest BCUT2D eigenvalue weighted by Gasteiger charge is 2.35. The van der Waals surface area contributed by atoms with Crippen molar-refractivity contribution in [1.82, 2.24) is 0 Å². The zero-order valence-electron chi connectivity index (χ0n) is 15.8. The maximum atomic E-state index is 13.6. The minimum absolute atomic E-state index is 0.233. The fraction of sp³-hybridized carbons (Fsp3) is 0.143. The molecule has 7 heteroatoms. The Morgan fingerprint density at radius 2 is 0.929 bits per heavy atom. The van der Waals surface area contributed by atoms with Gasteiger partial charge in [0.05, 0.1) is 14.2 Å². The molecule has 0 bridgehead atoms. The Hall–Kier alpha value is -3.11. The van der Waals surface area contributed by atoms with Crippen LogP contribution < -0.4 is 23.0 Å². The van der Waals surface area contributed by atoms with Crippen LogP contribution in [0.1, 0.15) is 5.56 Å². The molecule has 0 radical (unpaired) electrons. The van der Waals surface area contributed by atoms with E-state index in [0.29, 0.717) is 17.2 Å². The molecule has 3 rings (SSSR count). The van der Waals surface area contributed by atoms with Crippen LogP contribution in [0.25, 0.3) is 0 Å². The summed E-state index contributed by atoms with van der Waals surface area (Å²) >= 11 is 0. The Labute approximate surface area is 164 Å². The first-order valence-corrected chi connectivity index (χ1v) is 10.0. The SMILES string of the molecule is COc1ccccc1OP(=O)(Oc1ccccc1C)Oc1ccccc1OC. The van der Waals surface area contributed by atoms with Gasteiger partial charge in [0.2, 0.25) is 0 Å². The Balaban J connectivity index is 2.00. The Bertz CT molecular complexity index is 934. The van der Waals surface area contributed by atoms with E-state index in [4.69, 9.17) is 23.0 Å². The Kier molecular flexibility index (Phi) is 6.12. The lowest BCUT2D eigenvalue weighted by atomic mass is 10.2. The largest absolute Gasteiger partial charge is 0.647 e. The lowest BCUT2D eigenvalue weighted by Crippen LogP contribution is -2.09. The molecule has 0 amide bonds. The van der Waals surface area contributed by atoms with Crippen LogP contribution in [0.5, 0.6) is 28.7 Å². The second kappa shape index (κ2) is 8.72. The summed E-state index contributed by atoms with van der Waals surface area (Å²) < 4.78 is 41.4. The summed E-state index contributed by atoms with van der Waals surface area (Å²) in [6, 6.07) is 20.8. The molecule has 0 aliphatic rings. The van der Waals surface area contributed by atoms with Gasteiger partial charge in [-0.05, 0) is 42.8 Å². The molecule has 0 saturated carbocycles. The van der Waals surface area contributed by atoms with Crippen molar-refractivity contribution in [2.45, 2.75) is 6.92 Å². The van der Waals surface area contributed by atoms with Crippen LogP contribution in [0.15, 0.2) is 72.8 Å². The summed E-state index contributed by atoms with van der Waals surface area (Å²) in [7, 11) is -1.16.